The molecule has 1 atom stereocenters. The van der Waals surface area contributed by atoms with Crippen LogP contribution in [0.1, 0.15) is 31.4 Å². The SMILES string of the molecule is CC(=O)N/C(=C\c1ccccc1)C(=O)O[C@@H](C)c1nnc(-c2cccs2)o1. The van der Waals surface area contributed by atoms with Gasteiger partial charge in [0.2, 0.25) is 5.91 Å². The van der Waals surface area contributed by atoms with E-state index < -0.39 is 12.1 Å². The highest BCUT2D eigenvalue weighted by molar-refractivity contribution is 7.13. The van der Waals surface area contributed by atoms with E-state index in [0.717, 1.165) is 10.4 Å². The van der Waals surface area contributed by atoms with E-state index in [1.165, 1.54) is 18.3 Å². The fraction of sp³-hybridized carbons (Fsp3) is 0.158. The van der Waals surface area contributed by atoms with Gasteiger partial charge in [-0.05, 0) is 30.0 Å². The van der Waals surface area contributed by atoms with Gasteiger partial charge in [0.25, 0.3) is 11.8 Å². The maximum absolute atomic E-state index is 12.5. The summed E-state index contributed by atoms with van der Waals surface area (Å²) in [5.41, 5.74) is 0.780. The number of nitrogens with one attached hydrogen (secondary N) is 1. The summed E-state index contributed by atoms with van der Waals surface area (Å²) < 4.78 is 11.0. The summed E-state index contributed by atoms with van der Waals surface area (Å²) in [7, 11) is 0. The number of nitrogens with zero attached hydrogens (tertiary/aromatic N) is 2. The maximum atomic E-state index is 12.5. The Bertz CT molecular complexity index is 949. The standard InChI is InChI=1S/C19H17N3O4S/c1-12(17-21-22-18(26-17)16-9-6-10-27-16)25-19(24)15(20-13(2)23)11-14-7-4-3-5-8-14/h3-12H,1-2H3,(H,20,23)/b15-11-/t12-/m0/s1. The molecule has 0 spiro atoms. The number of thiophene rings is 1. The summed E-state index contributed by atoms with van der Waals surface area (Å²) >= 11 is 1.47. The molecule has 1 amide bonds. The van der Waals surface area contributed by atoms with Gasteiger partial charge in [-0.25, -0.2) is 4.79 Å². The Hall–Kier alpha value is -3.26. The predicted molar refractivity (Wildman–Crippen MR) is 100 cm³/mol. The van der Waals surface area contributed by atoms with Crippen molar-refractivity contribution in [1.29, 1.82) is 0 Å². The lowest BCUT2D eigenvalue weighted by atomic mass is 10.2. The maximum Gasteiger partial charge on any atom is 0.355 e. The quantitative estimate of drug-likeness (QED) is 0.516. The van der Waals surface area contributed by atoms with Crippen molar-refractivity contribution in [1.82, 2.24) is 15.5 Å². The first-order valence-electron chi connectivity index (χ1n) is 8.15. The zero-order valence-corrected chi connectivity index (χ0v) is 15.5. The molecule has 2 aromatic heterocycles. The van der Waals surface area contributed by atoms with Gasteiger partial charge in [-0.1, -0.05) is 36.4 Å². The molecule has 138 valence electrons. The molecule has 1 N–H and O–H groups in total. The van der Waals surface area contributed by atoms with E-state index in [0.29, 0.717) is 5.89 Å². The van der Waals surface area contributed by atoms with Gasteiger partial charge in [-0.2, -0.15) is 0 Å². The van der Waals surface area contributed by atoms with Crippen LogP contribution in [-0.2, 0) is 14.3 Å². The van der Waals surface area contributed by atoms with E-state index in [1.54, 1.807) is 13.0 Å². The van der Waals surface area contributed by atoms with Crippen molar-refractivity contribution >= 4 is 29.3 Å². The summed E-state index contributed by atoms with van der Waals surface area (Å²) in [4.78, 5) is 24.8. The van der Waals surface area contributed by atoms with Crippen molar-refractivity contribution in [2.75, 3.05) is 0 Å². The van der Waals surface area contributed by atoms with Crippen molar-refractivity contribution in [2.45, 2.75) is 20.0 Å². The topological polar surface area (TPSA) is 94.3 Å². The van der Waals surface area contributed by atoms with Crippen LogP contribution in [0.25, 0.3) is 16.8 Å². The third-order valence-electron chi connectivity index (χ3n) is 3.45. The van der Waals surface area contributed by atoms with Crippen molar-refractivity contribution < 1.29 is 18.7 Å². The molecule has 0 aliphatic carbocycles. The highest BCUT2D eigenvalue weighted by atomic mass is 32.1. The third kappa shape index (κ3) is 4.89. The molecule has 1 aromatic carbocycles. The minimum absolute atomic E-state index is 0.0264. The van der Waals surface area contributed by atoms with Crippen LogP contribution in [0.15, 0.2) is 58.0 Å². The monoisotopic (exact) mass is 383 g/mol. The van der Waals surface area contributed by atoms with Crippen LogP contribution in [0.5, 0.6) is 0 Å². The van der Waals surface area contributed by atoms with Crippen LogP contribution in [0.2, 0.25) is 0 Å². The van der Waals surface area contributed by atoms with Crippen LogP contribution in [0.4, 0.5) is 0 Å². The first-order chi connectivity index (χ1) is 13.0. The summed E-state index contributed by atoms with van der Waals surface area (Å²) in [5, 5.41) is 12.3. The minimum atomic E-state index is -0.772. The highest BCUT2D eigenvalue weighted by Crippen LogP contribution is 2.26. The summed E-state index contributed by atoms with van der Waals surface area (Å²) in [5.74, 6) is -0.532. The van der Waals surface area contributed by atoms with Gasteiger partial charge in [0.15, 0.2) is 6.10 Å². The molecule has 0 aliphatic heterocycles. The van der Waals surface area contributed by atoms with Crippen LogP contribution < -0.4 is 5.32 Å². The average Bonchev–Trinajstić information content (AvgIpc) is 3.33. The molecule has 0 unspecified atom stereocenters. The largest absolute Gasteiger partial charge is 0.448 e. The van der Waals surface area contributed by atoms with E-state index in [-0.39, 0.29) is 17.5 Å². The van der Waals surface area contributed by atoms with Crippen LogP contribution in [-0.4, -0.2) is 22.1 Å². The molecule has 27 heavy (non-hydrogen) atoms. The molecule has 8 heteroatoms. The lowest BCUT2D eigenvalue weighted by molar-refractivity contribution is -0.146. The smallest absolute Gasteiger partial charge is 0.355 e. The van der Waals surface area contributed by atoms with E-state index in [1.807, 2.05) is 47.8 Å². The van der Waals surface area contributed by atoms with Crippen molar-refractivity contribution in [3.8, 4) is 10.8 Å². The zero-order valence-electron chi connectivity index (χ0n) is 14.7. The van der Waals surface area contributed by atoms with Crippen molar-refractivity contribution in [2.24, 2.45) is 0 Å². The molecular weight excluding hydrogens is 366 g/mol. The van der Waals surface area contributed by atoms with Crippen molar-refractivity contribution in [3.05, 3.63) is 65.0 Å². The minimum Gasteiger partial charge on any atom is -0.448 e. The number of carbonyl (C=O) groups is 2. The summed E-state index contributed by atoms with van der Waals surface area (Å²) in [6, 6.07) is 12.9. The van der Waals surface area contributed by atoms with Crippen molar-refractivity contribution in [3.63, 3.8) is 0 Å². The Morgan fingerprint density at radius 2 is 1.96 bits per heavy atom. The molecule has 0 bridgehead atoms. The number of amides is 1. The molecule has 0 aliphatic rings. The molecule has 3 aromatic rings. The Labute approximate surface area is 159 Å². The predicted octanol–water partition coefficient (Wildman–Crippen LogP) is 3.58. The number of hydrogen-bond acceptors (Lipinski definition) is 7. The third-order valence-corrected chi connectivity index (χ3v) is 4.30. The van der Waals surface area contributed by atoms with Gasteiger partial charge in [0.1, 0.15) is 5.70 Å². The van der Waals surface area contributed by atoms with Crippen LogP contribution >= 0.6 is 11.3 Å². The Morgan fingerprint density at radius 3 is 2.63 bits per heavy atom. The van der Waals surface area contributed by atoms with Gasteiger partial charge < -0.3 is 14.5 Å². The second-order valence-electron chi connectivity index (χ2n) is 5.62. The van der Waals surface area contributed by atoms with Crippen LogP contribution in [0, 0.1) is 0 Å². The van der Waals surface area contributed by atoms with Gasteiger partial charge in [0.05, 0.1) is 4.88 Å². The molecule has 7 nitrogen and oxygen atoms in total. The molecule has 3 rings (SSSR count). The van der Waals surface area contributed by atoms with E-state index in [4.69, 9.17) is 9.15 Å². The Kier molecular flexibility index (Phi) is 5.77. The lowest BCUT2D eigenvalue weighted by Crippen LogP contribution is -2.27. The van der Waals surface area contributed by atoms with Crippen LogP contribution in [0.3, 0.4) is 0 Å². The first kappa shape index (κ1) is 18.5. The lowest BCUT2D eigenvalue weighted by Gasteiger charge is -2.12. The number of esters is 1. The fourth-order valence-corrected chi connectivity index (χ4v) is 2.87. The number of rotatable bonds is 6. The normalized spacial score (nSPS) is 12.4. The molecule has 2 heterocycles. The van der Waals surface area contributed by atoms with Gasteiger partial charge in [-0.15, -0.1) is 21.5 Å². The number of ether oxygens (including phenoxy) is 1. The van der Waals surface area contributed by atoms with Gasteiger partial charge >= 0.3 is 5.97 Å². The Morgan fingerprint density at radius 1 is 1.19 bits per heavy atom. The molecule has 0 saturated carbocycles. The second-order valence-corrected chi connectivity index (χ2v) is 6.57. The summed E-state index contributed by atoms with van der Waals surface area (Å²) in [6.45, 7) is 2.94. The Balaban J connectivity index is 1.75. The zero-order chi connectivity index (χ0) is 19.2. The fourth-order valence-electron chi connectivity index (χ4n) is 2.22. The van der Waals surface area contributed by atoms with Gasteiger partial charge in [-0.3, -0.25) is 4.79 Å². The highest BCUT2D eigenvalue weighted by Gasteiger charge is 2.22. The molecule has 0 saturated heterocycles. The number of carbonyl (C=O) groups excluding carboxylic acids is 2. The molecule has 0 fully saturated rings. The second kappa shape index (κ2) is 8.41. The van der Waals surface area contributed by atoms with E-state index in [2.05, 4.69) is 15.5 Å². The number of hydrogen-bond donors (Lipinski definition) is 1. The van der Waals surface area contributed by atoms with E-state index >= 15 is 0 Å². The number of benzene rings is 1. The molecule has 0 radical (unpaired) electrons. The van der Waals surface area contributed by atoms with E-state index in [9.17, 15) is 9.59 Å². The number of aromatic nitrogens is 2. The molecular formula is C19H17N3O4S. The van der Waals surface area contributed by atoms with Gasteiger partial charge in [0, 0.05) is 6.92 Å². The first-order valence-corrected chi connectivity index (χ1v) is 9.03. The summed E-state index contributed by atoms with van der Waals surface area (Å²) in [6.07, 6.45) is 0.771. The average molecular weight is 383 g/mol.